The van der Waals surface area contributed by atoms with Gasteiger partial charge in [-0.15, -0.1) is 13.2 Å². The molecule has 2 aromatic carbocycles. The molecule has 1 heterocycles. The van der Waals surface area contributed by atoms with Crippen molar-refractivity contribution in [2.24, 2.45) is 0 Å². The van der Waals surface area contributed by atoms with Gasteiger partial charge in [0.1, 0.15) is 17.4 Å². The van der Waals surface area contributed by atoms with Crippen molar-refractivity contribution in [3.05, 3.63) is 59.4 Å². The molecule has 2 N–H and O–H groups in total. The van der Waals surface area contributed by atoms with E-state index in [1.54, 1.807) is 12.1 Å². The molecule has 1 aromatic heterocycles. The molecule has 0 fully saturated rings. The second-order valence-electron chi connectivity index (χ2n) is 6.75. The average Bonchev–Trinajstić information content (AvgIpc) is 2.69. The monoisotopic (exact) mass is 454 g/mol. The summed E-state index contributed by atoms with van der Waals surface area (Å²) >= 11 is 5.83. The van der Waals surface area contributed by atoms with Gasteiger partial charge in [0.2, 0.25) is 5.95 Å². The van der Waals surface area contributed by atoms with Gasteiger partial charge in [0, 0.05) is 23.4 Å². The summed E-state index contributed by atoms with van der Waals surface area (Å²) in [5.41, 5.74) is 1.25. The Bertz CT molecular complexity index is 1060. The number of nitrogens with one attached hydrogen (secondary N) is 2. The van der Waals surface area contributed by atoms with E-state index in [4.69, 9.17) is 11.6 Å². The molecule has 3 rings (SSSR count). The summed E-state index contributed by atoms with van der Waals surface area (Å²) in [6.45, 7) is 3.93. The van der Waals surface area contributed by atoms with E-state index in [-0.39, 0.29) is 22.8 Å². The van der Waals surface area contributed by atoms with Crippen molar-refractivity contribution in [1.29, 1.82) is 0 Å². The molecule has 0 spiro atoms. The van der Waals surface area contributed by atoms with Crippen molar-refractivity contribution in [2.75, 3.05) is 10.6 Å². The smallest absolute Gasteiger partial charge is 0.406 e. The van der Waals surface area contributed by atoms with Gasteiger partial charge in [-0.2, -0.15) is 4.98 Å². The number of aromatic nitrogens is 2. The summed E-state index contributed by atoms with van der Waals surface area (Å²) in [6.07, 6.45) is -4.00. The Morgan fingerprint density at radius 3 is 2.55 bits per heavy atom. The second-order valence-corrected chi connectivity index (χ2v) is 7.15. The van der Waals surface area contributed by atoms with Crippen LogP contribution < -0.4 is 15.4 Å². The molecule has 0 radical (unpaired) electrons. The molecule has 0 unspecified atom stereocenters. The topological polar surface area (TPSA) is 59.1 Å². The second kappa shape index (κ2) is 9.38. The highest BCUT2D eigenvalue weighted by atomic mass is 35.5. The Kier molecular flexibility index (Phi) is 6.84. The summed E-state index contributed by atoms with van der Waals surface area (Å²) in [5.74, 6) is -0.290. The van der Waals surface area contributed by atoms with Crippen molar-refractivity contribution in [1.82, 2.24) is 9.97 Å². The maximum Gasteiger partial charge on any atom is 0.573 e. The average molecular weight is 455 g/mol. The van der Waals surface area contributed by atoms with E-state index >= 15 is 0 Å². The van der Waals surface area contributed by atoms with Gasteiger partial charge in [-0.05, 0) is 43.7 Å². The molecule has 0 saturated carbocycles. The van der Waals surface area contributed by atoms with Crippen LogP contribution in [0.3, 0.4) is 0 Å². The van der Waals surface area contributed by atoms with E-state index < -0.39 is 12.2 Å². The predicted molar refractivity (Wildman–Crippen MR) is 112 cm³/mol. The van der Waals surface area contributed by atoms with Crippen LogP contribution in [0.5, 0.6) is 5.75 Å². The Balaban J connectivity index is 1.99. The maximum atomic E-state index is 13.4. The Morgan fingerprint density at radius 1 is 1.10 bits per heavy atom. The largest absolute Gasteiger partial charge is 0.573 e. The molecular formula is C21H19ClF4N4O. The van der Waals surface area contributed by atoms with Crippen LogP contribution in [-0.2, 0) is 0 Å². The zero-order valence-electron chi connectivity index (χ0n) is 16.6. The molecular weight excluding hydrogens is 436 g/mol. The van der Waals surface area contributed by atoms with Crippen molar-refractivity contribution in [2.45, 2.75) is 32.7 Å². The van der Waals surface area contributed by atoms with Crippen LogP contribution in [0.2, 0.25) is 5.02 Å². The van der Waals surface area contributed by atoms with Gasteiger partial charge < -0.3 is 15.4 Å². The minimum atomic E-state index is -4.80. The van der Waals surface area contributed by atoms with Crippen LogP contribution in [0.1, 0.15) is 20.3 Å². The third kappa shape index (κ3) is 6.45. The normalized spacial score (nSPS) is 12.4. The number of anilines is 3. The van der Waals surface area contributed by atoms with Crippen LogP contribution >= 0.6 is 11.6 Å². The first-order valence-corrected chi connectivity index (χ1v) is 9.74. The van der Waals surface area contributed by atoms with Crippen LogP contribution in [0.4, 0.5) is 35.0 Å². The first kappa shape index (κ1) is 22.6. The molecule has 0 aliphatic heterocycles. The molecule has 5 nitrogen and oxygen atoms in total. The van der Waals surface area contributed by atoms with Crippen molar-refractivity contribution < 1.29 is 22.3 Å². The van der Waals surface area contributed by atoms with E-state index in [1.807, 2.05) is 13.8 Å². The lowest BCUT2D eigenvalue weighted by Gasteiger charge is -2.15. The van der Waals surface area contributed by atoms with Gasteiger partial charge in [-0.1, -0.05) is 30.7 Å². The highest BCUT2D eigenvalue weighted by Crippen LogP contribution is 2.30. The van der Waals surface area contributed by atoms with Crippen molar-refractivity contribution in [3.8, 4) is 17.0 Å². The summed E-state index contributed by atoms with van der Waals surface area (Å²) in [5, 5.41) is 6.09. The molecule has 31 heavy (non-hydrogen) atoms. The number of ether oxygens (including phenoxy) is 1. The fourth-order valence-corrected chi connectivity index (χ4v) is 2.80. The first-order chi connectivity index (χ1) is 14.6. The summed E-state index contributed by atoms with van der Waals surface area (Å²) in [7, 11) is 0. The summed E-state index contributed by atoms with van der Waals surface area (Å²) < 4.78 is 55.2. The van der Waals surface area contributed by atoms with Gasteiger partial charge in [-0.25, -0.2) is 9.37 Å². The number of hydrogen-bond donors (Lipinski definition) is 2. The third-order valence-corrected chi connectivity index (χ3v) is 4.56. The first-order valence-electron chi connectivity index (χ1n) is 9.37. The van der Waals surface area contributed by atoms with Gasteiger partial charge >= 0.3 is 6.36 Å². The lowest BCUT2D eigenvalue weighted by molar-refractivity contribution is -0.274. The molecule has 0 amide bonds. The molecule has 3 aromatic rings. The number of halogens is 5. The van der Waals surface area contributed by atoms with E-state index in [0.717, 1.165) is 6.42 Å². The van der Waals surface area contributed by atoms with Gasteiger partial charge in [0.15, 0.2) is 0 Å². The Hall–Kier alpha value is -3.07. The molecule has 164 valence electrons. The molecule has 0 aliphatic carbocycles. The fraction of sp³-hybridized carbons (Fsp3) is 0.238. The zero-order chi connectivity index (χ0) is 22.6. The summed E-state index contributed by atoms with van der Waals surface area (Å²) in [4.78, 5) is 8.81. The number of alkyl halides is 3. The molecule has 10 heteroatoms. The number of rotatable bonds is 7. The minimum absolute atomic E-state index is 0.0586. The maximum absolute atomic E-state index is 13.4. The number of benzene rings is 2. The van der Waals surface area contributed by atoms with Crippen LogP contribution in [0, 0.1) is 5.82 Å². The van der Waals surface area contributed by atoms with E-state index in [1.165, 1.54) is 36.4 Å². The molecule has 0 bridgehead atoms. The highest BCUT2D eigenvalue weighted by molar-refractivity contribution is 6.31. The quantitative estimate of drug-likeness (QED) is 0.385. The SMILES string of the molecule is CC[C@H](C)Nc1nc(Nc2ccc(F)c(Cl)c2)cc(-c2cccc(OC(F)(F)F)c2)n1. The van der Waals surface area contributed by atoms with E-state index in [0.29, 0.717) is 22.8 Å². The lowest BCUT2D eigenvalue weighted by atomic mass is 10.1. The van der Waals surface area contributed by atoms with Crippen molar-refractivity contribution >= 4 is 29.1 Å². The number of hydrogen-bond acceptors (Lipinski definition) is 5. The van der Waals surface area contributed by atoms with Crippen LogP contribution in [0.25, 0.3) is 11.3 Å². The lowest BCUT2D eigenvalue weighted by Crippen LogP contribution is -2.17. The van der Waals surface area contributed by atoms with Gasteiger partial charge in [0.25, 0.3) is 0 Å². The Morgan fingerprint density at radius 2 is 1.87 bits per heavy atom. The summed E-state index contributed by atoms with van der Waals surface area (Å²) in [6, 6.07) is 11.2. The predicted octanol–water partition coefficient (Wildman–Crippen LogP) is 6.79. The molecule has 0 aliphatic rings. The van der Waals surface area contributed by atoms with Gasteiger partial charge in [0.05, 0.1) is 10.7 Å². The minimum Gasteiger partial charge on any atom is -0.406 e. The third-order valence-electron chi connectivity index (χ3n) is 4.27. The van der Waals surface area contributed by atoms with E-state index in [2.05, 4.69) is 25.3 Å². The zero-order valence-corrected chi connectivity index (χ0v) is 17.4. The van der Waals surface area contributed by atoms with Crippen LogP contribution in [-0.4, -0.2) is 22.4 Å². The van der Waals surface area contributed by atoms with Crippen molar-refractivity contribution in [3.63, 3.8) is 0 Å². The highest BCUT2D eigenvalue weighted by Gasteiger charge is 2.31. The fourth-order valence-electron chi connectivity index (χ4n) is 2.62. The molecule has 1 atom stereocenters. The van der Waals surface area contributed by atoms with Gasteiger partial charge in [-0.3, -0.25) is 0 Å². The number of nitrogens with zero attached hydrogens (tertiary/aromatic N) is 2. The standard InChI is InChI=1S/C21H19ClF4N4O/c1-3-12(2)27-20-29-18(13-5-4-6-15(9-13)31-21(24,25)26)11-19(30-20)28-14-7-8-17(23)16(22)10-14/h4-12H,3H2,1-2H3,(H2,27,28,29,30)/t12-/m0/s1. The molecule has 0 saturated heterocycles. The Labute approximate surface area is 181 Å². The van der Waals surface area contributed by atoms with E-state index in [9.17, 15) is 17.6 Å². The van der Waals surface area contributed by atoms with Crippen LogP contribution in [0.15, 0.2) is 48.5 Å².